The van der Waals surface area contributed by atoms with Gasteiger partial charge in [0.25, 0.3) is 0 Å². The van der Waals surface area contributed by atoms with Gasteiger partial charge >= 0.3 is 5.97 Å². The Kier molecular flexibility index (Phi) is 3.54. The molecule has 0 spiro atoms. The fraction of sp³-hybridized carbons (Fsp3) is 0.417. The Morgan fingerprint density at radius 2 is 2.19 bits per heavy atom. The van der Waals surface area contributed by atoms with Crippen LogP contribution in [0.15, 0.2) is 30.3 Å². The van der Waals surface area contributed by atoms with Gasteiger partial charge in [-0.1, -0.05) is 30.3 Å². The molecule has 1 unspecified atom stereocenters. The molecular weight excluding hydrogens is 206 g/mol. The minimum atomic E-state index is -0.815. The summed E-state index contributed by atoms with van der Waals surface area (Å²) in [6.45, 7) is 1.36. The van der Waals surface area contributed by atoms with Gasteiger partial charge in [-0.2, -0.15) is 0 Å². The van der Waals surface area contributed by atoms with Gasteiger partial charge in [0.2, 0.25) is 0 Å². The van der Waals surface area contributed by atoms with Gasteiger partial charge < -0.3 is 15.2 Å². The van der Waals surface area contributed by atoms with Crippen LogP contribution in [0.2, 0.25) is 0 Å². The number of nitrogens with one attached hydrogen (secondary N) is 1. The van der Waals surface area contributed by atoms with Crippen LogP contribution in [0.4, 0.5) is 0 Å². The number of carboxylic acid groups (broad SMARTS) is 1. The number of epoxide rings is 1. The monoisotopic (exact) mass is 221 g/mol. The number of aliphatic carboxylic acids is 1. The van der Waals surface area contributed by atoms with E-state index in [1.165, 1.54) is 0 Å². The summed E-state index contributed by atoms with van der Waals surface area (Å²) in [7, 11) is 0. The molecule has 0 bridgehead atoms. The maximum absolute atomic E-state index is 11.0. The summed E-state index contributed by atoms with van der Waals surface area (Å²) >= 11 is 0. The van der Waals surface area contributed by atoms with E-state index < -0.39 is 12.0 Å². The third-order valence-electron chi connectivity index (χ3n) is 2.58. The number of carbonyl (C=O) groups is 1. The Bertz CT molecular complexity index is 349. The van der Waals surface area contributed by atoms with E-state index >= 15 is 0 Å². The molecule has 0 aliphatic carbocycles. The number of hydrogen-bond acceptors (Lipinski definition) is 3. The second-order valence-electron chi connectivity index (χ2n) is 3.94. The van der Waals surface area contributed by atoms with Gasteiger partial charge in [0, 0.05) is 6.54 Å². The van der Waals surface area contributed by atoms with E-state index in [9.17, 15) is 4.79 Å². The molecule has 0 amide bonds. The van der Waals surface area contributed by atoms with Crippen LogP contribution in [-0.2, 0) is 16.0 Å². The van der Waals surface area contributed by atoms with Crippen molar-refractivity contribution in [1.29, 1.82) is 0 Å². The number of benzene rings is 1. The molecule has 86 valence electrons. The number of hydrogen-bond donors (Lipinski definition) is 2. The number of rotatable bonds is 6. The lowest BCUT2D eigenvalue weighted by atomic mass is 10.1. The first kappa shape index (κ1) is 11.1. The summed E-state index contributed by atoms with van der Waals surface area (Å²) in [6.07, 6.45) is 0.709. The van der Waals surface area contributed by atoms with Gasteiger partial charge in [-0.25, -0.2) is 0 Å². The smallest absolute Gasteiger partial charge is 0.321 e. The first-order valence-electron chi connectivity index (χ1n) is 5.37. The van der Waals surface area contributed by atoms with Gasteiger partial charge in [-0.05, 0) is 12.0 Å². The van der Waals surface area contributed by atoms with Gasteiger partial charge in [0.15, 0.2) is 0 Å². The van der Waals surface area contributed by atoms with Crippen LogP contribution >= 0.6 is 0 Å². The Morgan fingerprint density at radius 3 is 2.75 bits per heavy atom. The van der Waals surface area contributed by atoms with Crippen molar-refractivity contribution in [2.24, 2.45) is 0 Å². The molecule has 0 aromatic heterocycles. The van der Waals surface area contributed by atoms with Crippen molar-refractivity contribution in [2.45, 2.75) is 18.6 Å². The summed E-state index contributed by atoms with van der Waals surface area (Å²) in [4.78, 5) is 11.0. The van der Waals surface area contributed by atoms with Crippen molar-refractivity contribution in [3.63, 3.8) is 0 Å². The largest absolute Gasteiger partial charge is 0.480 e. The van der Waals surface area contributed by atoms with Crippen LogP contribution < -0.4 is 5.32 Å². The molecule has 1 fully saturated rings. The Balaban J connectivity index is 1.88. The molecule has 1 saturated heterocycles. The molecular formula is C12H15NO3. The summed E-state index contributed by atoms with van der Waals surface area (Å²) in [5.74, 6) is -0.815. The van der Waals surface area contributed by atoms with Crippen LogP contribution in [0.25, 0.3) is 0 Å². The zero-order chi connectivity index (χ0) is 11.4. The Hall–Kier alpha value is -1.39. The Labute approximate surface area is 94.2 Å². The summed E-state index contributed by atoms with van der Waals surface area (Å²) in [5, 5.41) is 12.1. The summed E-state index contributed by atoms with van der Waals surface area (Å²) in [6, 6.07) is 9.09. The highest BCUT2D eigenvalue weighted by Crippen LogP contribution is 2.08. The zero-order valence-electron chi connectivity index (χ0n) is 8.93. The maximum atomic E-state index is 11.0. The van der Waals surface area contributed by atoms with E-state index in [0.717, 1.165) is 12.2 Å². The molecule has 4 nitrogen and oxygen atoms in total. The molecule has 0 radical (unpaired) electrons. The van der Waals surface area contributed by atoms with E-state index in [-0.39, 0.29) is 6.10 Å². The molecule has 1 aliphatic rings. The van der Waals surface area contributed by atoms with E-state index in [1.807, 2.05) is 30.3 Å². The molecule has 1 heterocycles. The highest BCUT2D eigenvalue weighted by molar-refractivity contribution is 5.73. The minimum Gasteiger partial charge on any atom is -0.480 e. The van der Waals surface area contributed by atoms with Crippen molar-refractivity contribution in [1.82, 2.24) is 5.32 Å². The normalized spacial score (nSPS) is 20.4. The minimum absolute atomic E-state index is 0.206. The first-order chi connectivity index (χ1) is 7.75. The molecule has 1 aromatic rings. The van der Waals surface area contributed by atoms with E-state index in [2.05, 4.69) is 5.32 Å². The molecule has 16 heavy (non-hydrogen) atoms. The molecule has 2 atom stereocenters. The predicted octanol–water partition coefficient (Wildman–Crippen LogP) is 0.671. The fourth-order valence-electron chi connectivity index (χ4n) is 1.56. The third-order valence-corrected chi connectivity index (χ3v) is 2.58. The van der Waals surface area contributed by atoms with Gasteiger partial charge in [-0.3, -0.25) is 4.79 Å². The van der Waals surface area contributed by atoms with E-state index in [1.54, 1.807) is 0 Å². The zero-order valence-corrected chi connectivity index (χ0v) is 8.93. The highest BCUT2D eigenvalue weighted by atomic mass is 16.6. The molecule has 2 rings (SSSR count). The number of carboxylic acids is 1. The van der Waals surface area contributed by atoms with Crippen LogP contribution in [0.3, 0.4) is 0 Å². The van der Waals surface area contributed by atoms with Crippen molar-refractivity contribution in [3.8, 4) is 0 Å². The second-order valence-corrected chi connectivity index (χ2v) is 3.94. The van der Waals surface area contributed by atoms with Gasteiger partial charge in [-0.15, -0.1) is 0 Å². The van der Waals surface area contributed by atoms with E-state index in [0.29, 0.717) is 13.0 Å². The van der Waals surface area contributed by atoms with Crippen LogP contribution in [-0.4, -0.2) is 36.4 Å². The standard InChI is InChI=1S/C12H15NO3/c14-12(15)11(13-7-10-8-16-10)6-9-4-2-1-3-5-9/h1-5,10-11,13H,6-8H2,(H,14,15)/t10?,11-/m0/s1. The van der Waals surface area contributed by atoms with Crippen LogP contribution in [0.5, 0.6) is 0 Å². The predicted molar refractivity (Wildman–Crippen MR) is 59.3 cm³/mol. The lowest BCUT2D eigenvalue weighted by molar-refractivity contribution is -0.139. The van der Waals surface area contributed by atoms with Gasteiger partial charge in [0.05, 0.1) is 12.7 Å². The van der Waals surface area contributed by atoms with Crippen molar-refractivity contribution in [2.75, 3.05) is 13.2 Å². The average Bonchev–Trinajstić information content (AvgIpc) is 3.09. The van der Waals surface area contributed by atoms with E-state index in [4.69, 9.17) is 9.84 Å². The maximum Gasteiger partial charge on any atom is 0.321 e. The highest BCUT2D eigenvalue weighted by Gasteiger charge is 2.25. The topological polar surface area (TPSA) is 61.9 Å². The Morgan fingerprint density at radius 1 is 1.50 bits per heavy atom. The average molecular weight is 221 g/mol. The fourth-order valence-corrected chi connectivity index (χ4v) is 1.56. The second kappa shape index (κ2) is 5.09. The van der Waals surface area contributed by atoms with Crippen molar-refractivity contribution in [3.05, 3.63) is 35.9 Å². The quantitative estimate of drug-likeness (QED) is 0.693. The molecule has 0 saturated carbocycles. The molecule has 1 aromatic carbocycles. The lowest BCUT2D eigenvalue weighted by Crippen LogP contribution is -2.40. The van der Waals surface area contributed by atoms with Crippen LogP contribution in [0, 0.1) is 0 Å². The van der Waals surface area contributed by atoms with Crippen molar-refractivity contribution >= 4 is 5.97 Å². The van der Waals surface area contributed by atoms with Crippen LogP contribution in [0.1, 0.15) is 5.56 Å². The first-order valence-corrected chi connectivity index (χ1v) is 5.37. The lowest BCUT2D eigenvalue weighted by Gasteiger charge is -2.13. The van der Waals surface area contributed by atoms with Crippen molar-refractivity contribution < 1.29 is 14.6 Å². The molecule has 4 heteroatoms. The number of ether oxygens (including phenoxy) is 1. The summed E-state index contributed by atoms with van der Waals surface area (Å²) < 4.78 is 5.03. The molecule has 2 N–H and O–H groups in total. The summed E-state index contributed by atoms with van der Waals surface area (Å²) in [5.41, 5.74) is 1.03. The van der Waals surface area contributed by atoms with Gasteiger partial charge in [0.1, 0.15) is 6.04 Å². The SMILES string of the molecule is O=C(O)[C@H](Cc1ccccc1)NCC1CO1. The molecule has 1 aliphatic heterocycles. The third kappa shape index (κ3) is 3.32.